The van der Waals surface area contributed by atoms with E-state index in [0.29, 0.717) is 0 Å². The third-order valence-corrected chi connectivity index (χ3v) is 3.98. The van der Waals surface area contributed by atoms with Gasteiger partial charge in [-0.2, -0.15) is 0 Å². The number of nitro groups is 1. The molecule has 0 spiro atoms. The van der Waals surface area contributed by atoms with Crippen molar-refractivity contribution >= 4 is 17.7 Å². The van der Waals surface area contributed by atoms with Gasteiger partial charge in [-0.25, -0.2) is 4.39 Å². The van der Waals surface area contributed by atoms with E-state index in [4.69, 9.17) is 0 Å². The summed E-state index contributed by atoms with van der Waals surface area (Å²) in [5.41, 5.74) is -0.155. The van der Waals surface area contributed by atoms with E-state index >= 15 is 0 Å². The first kappa shape index (κ1) is 17.1. The molecule has 23 heavy (non-hydrogen) atoms. The number of amides is 1. The van der Waals surface area contributed by atoms with Gasteiger partial charge < -0.3 is 10.2 Å². The van der Waals surface area contributed by atoms with Crippen molar-refractivity contribution in [3.05, 3.63) is 45.8 Å². The molecule has 1 aromatic rings. The summed E-state index contributed by atoms with van der Waals surface area (Å²) in [7, 11) is 0. The predicted octanol–water partition coefficient (Wildman–Crippen LogP) is 2.35. The molecule has 1 fully saturated rings. The number of nitrogens with one attached hydrogen (secondary N) is 1. The molecule has 0 aromatic heterocycles. The molecule has 1 aliphatic rings. The van der Waals surface area contributed by atoms with E-state index in [1.165, 1.54) is 18.2 Å². The van der Waals surface area contributed by atoms with Crippen LogP contribution in [0.1, 0.15) is 25.3 Å². The summed E-state index contributed by atoms with van der Waals surface area (Å²) in [5.74, 6) is -0.973. The number of likely N-dealkylation sites (tertiary alicyclic amines) is 1. The summed E-state index contributed by atoms with van der Waals surface area (Å²) < 4.78 is 13.1. The van der Waals surface area contributed by atoms with Crippen LogP contribution < -0.4 is 5.32 Å². The molecule has 1 heterocycles. The number of carbonyl (C=O) groups is 1. The van der Waals surface area contributed by atoms with Crippen molar-refractivity contribution in [1.29, 1.82) is 0 Å². The van der Waals surface area contributed by atoms with E-state index in [1.54, 1.807) is 0 Å². The summed E-state index contributed by atoms with van der Waals surface area (Å²) in [6, 6.07) is 3.39. The fraction of sp³-hybridized carbons (Fsp3) is 0.438. The molecule has 0 atom stereocenters. The van der Waals surface area contributed by atoms with Crippen molar-refractivity contribution in [3.8, 4) is 0 Å². The highest BCUT2D eigenvalue weighted by atomic mass is 19.1. The van der Waals surface area contributed by atoms with E-state index in [9.17, 15) is 19.3 Å². The molecule has 1 N–H and O–H groups in total. The van der Waals surface area contributed by atoms with Crippen LogP contribution in [0.3, 0.4) is 0 Å². The van der Waals surface area contributed by atoms with Crippen LogP contribution in [0.4, 0.5) is 10.1 Å². The summed E-state index contributed by atoms with van der Waals surface area (Å²) >= 11 is 0. The Bertz CT molecular complexity index is 611. The lowest BCUT2D eigenvalue weighted by molar-refractivity contribution is -0.385. The molecule has 0 bridgehead atoms. The molecule has 1 amide bonds. The number of carbonyl (C=O) groups excluding carboxylic acids is 1. The van der Waals surface area contributed by atoms with Crippen molar-refractivity contribution < 1.29 is 14.1 Å². The average molecular weight is 321 g/mol. The number of nitro benzene ring substituents is 1. The first-order valence-corrected chi connectivity index (χ1v) is 7.64. The van der Waals surface area contributed by atoms with Gasteiger partial charge in [0, 0.05) is 25.2 Å². The van der Waals surface area contributed by atoms with Gasteiger partial charge in [0.2, 0.25) is 5.91 Å². The molecule has 1 aromatic carbocycles. The van der Waals surface area contributed by atoms with Crippen LogP contribution in [0, 0.1) is 15.9 Å². The van der Waals surface area contributed by atoms with Crippen LogP contribution in [0.5, 0.6) is 0 Å². The summed E-state index contributed by atoms with van der Waals surface area (Å²) in [4.78, 5) is 24.5. The van der Waals surface area contributed by atoms with Gasteiger partial charge >= 0.3 is 0 Å². The van der Waals surface area contributed by atoms with Crippen molar-refractivity contribution in [2.75, 3.05) is 19.6 Å². The van der Waals surface area contributed by atoms with Gasteiger partial charge in [0.1, 0.15) is 5.82 Å². The van der Waals surface area contributed by atoms with Gasteiger partial charge in [-0.05, 0) is 37.6 Å². The normalized spacial score (nSPS) is 16.6. The highest BCUT2D eigenvalue weighted by Crippen LogP contribution is 2.21. The maximum atomic E-state index is 13.1. The molecule has 0 saturated carbocycles. The van der Waals surface area contributed by atoms with Gasteiger partial charge in [-0.15, -0.1) is 0 Å². The lowest BCUT2D eigenvalue weighted by Crippen LogP contribution is -2.44. The minimum atomic E-state index is -0.680. The molecule has 124 valence electrons. The number of benzene rings is 1. The Hall–Kier alpha value is -2.28. The smallest absolute Gasteiger partial charge is 0.279 e. The van der Waals surface area contributed by atoms with E-state index in [1.807, 2.05) is 0 Å². The molecule has 0 aliphatic carbocycles. The number of halogens is 1. The van der Waals surface area contributed by atoms with E-state index in [-0.39, 0.29) is 23.2 Å². The number of hydrogen-bond donors (Lipinski definition) is 1. The fourth-order valence-corrected chi connectivity index (χ4v) is 2.62. The second-order valence-electron chi connectivity index (χ2n) is 5.51. The Morgan fingerprint density at radius 2 is 2.17 bits per heavy atom. The van der Waals surface area contributed by atoms with Crippen molar-refractivity contribution in [2.45, 2.75) is 25.8 Å². The van der Waals surface area contributed by atoms with E-state index < -0.39 is 10.7 Å². The SMILES string of the molecule is CCN1CCC(NC(=O)/C=C\c2ccc(F)cc2[N+](=O)[O-])CC1. The van der Waals surface area contributed by atoms with Crippen molar-refractivity contribution in [3.63, 3.8) is 0 Å². The second-order valence-corrected chi connectivity index (χ2v) is 5.51. The molecule has 6 nitrogen and oxygen atoms in total. The second kappa shape index (κ2) is 7.82. The Labute approximate surface area is 134 Å². The van der Waals surface area contributed by atoms with Gasteiger partial charge in [-0.1, -0.05) is 6.92 Å². The first-order valence-electron chi connectivity index (χ1n) is 7.64. The summed E-state index contributed by atoms with van der Waals surface area (Å²) in [6.45, 7) is 5.02. The summed E-state index contributed by atoms with van der Waals surface area (Å²) in [5, 5.41) is 13.8. The average Bonchev–Trinajstić information content (AvgIpc) is 2.54. The number of nitrogens with zero attached hydrogens (tertiary/aromatic N) is 2. The molecule has 0 radical (unpaired) electrons. The molecular weight excluding hydrogens is 301 g/mol. The highest BCUT2D eigenvalue weighted by Gasteiger charge is 2.19. The van der Waals surface area contributed by atoms with Crippen LogP contribution in [-0.2, 0) is 4.79 Å². The molecule has 1 saturated heterocycles. The highest BCUT2D eigenvalue weighted by molar-refractivity contribution is 5.92. The Morgan fingerprint density at radius 3 is 2.78 bits per heavy atom. The van der Waals surface area contributed by atoms with Crippen molar-refractivity contribution in [1.82, 2.24) is 10.2 Å². The molecule has 2 rings (SSSR count). The predicted molar refractivity (Wildman–Crippen MR) is 85.4 cm³/mol. The third kappa shape index (κ3) is 4.85. The van der Waals surface area contributed by atoms with Crippen LogP contribution in [-0.4, -0.2) is 41.4 Å². The standard InChI is InChI=1S/C16H20FN3O3/c1-2-19-9-7-14(8-10-19)18-16(21)6-4-12-3-5-13(17)11-15(12)20(22)23/h3-6,11,14H,2,7-10H2,1H3,(H,18,21)/b6-4-. The third-order valence-electron chi connectivity index (χ3n) is 3.98. The first-order chi connectivity index (χ1) is 11.0. The van der Waals surface area contributed by atoms with E-state index in [0.717, 1.165) is 44.6 Å². The molecular formula is C16H20FN3O3. The lowest BCUT2D eigenvalue weighted by atomic mass is 10.1. The van der Waals surface area contributed by atoms with Crippen LogP contribution in [0.15, 0.2) is 24.3 Å². The van der Waals surface area contributed by atoms with Gasteiger partial charge in [0.15, 0.2) is 0 Å². The minimum Gasteiger partial charge on any atom is -0.350 e. The Balaban J connectivity index is 1.95. The van der Waals surface area contributed by atoms with Gasteiger partial charge in [0.25, 0.3) is 5.69 Å². The lowest BCUT2D eigenvalue weighted by Gasteiger charge is -2.31. The minimum absolute atomic E-state index is 0.123. The van der Waals surface area contributed by atoms with Crippen LogP contribution in [0.25, 0.3) is 6.08 Å². The number of rotatable bonds is 5. The zero-order valence-corrected chi connectivity index (χ0v) is 13.0. The number of hydrogen-bond acceptors (Lipinski definition) is 4. The van der Waals surface area contributed by atoms with E-state index in [2.05, 4.69) is 17.1 Å². The maximum Gasteiger partial charge on any atom is 0.279 e. The maximum absolute atomic E-state index is 13.1. The Kier molecular flexibility index (Phi) is 5.81. The van der Waals surface area contributed by atoms with Gasteiger partial charge in [-0.3, -0.25) is 14.9 Å². The van der Waals surface area contributed by atoms with Crippen LogP contribution >= 0.6 is 0 Å². The zero-order valence-electron chi connectivity index (χ0n) is 13.0. The van der Waals surface area contributed by atoms with Crippen molar-refractivity contribution in [2.24, 2.45) is 0 Å². The van der Waals surface area contributed by atoms with Crippen LogP contribution in [0.2, 0.25) is 0 Å². The zero-order chi connectivity index (χ0) is 16.8. The topological polar surface area (TPSA) is 75.5 Å². The molecule has 1 aliphatic heterocycles. The number of piperidine rings is 1. The quantitative estimate of drug-likeness (QED) is 0.513. The monoisotopic (exact) mass is 321 g/mol. The molecule has 0 unspecified atom stereocenters. The fourth-order valence-electron chi connectivity index (χ4n) is 2.62. The molecule has 7 heteroatoms. The van der Waals surface area contributed by atoms with Gasteiger partial charge in [0.05, 0.1) is 16.6 Å². The summed E-state index contributed by atoms with van der Waals surface area (Å²) in [6.07, 6.45) is 4.38. The largest absolute Gasteiger partial charge is 0.350 e. The Morgan fingerprint density at radius 1 is 1.48 bits per heavy atom.